The Balaban J connectivity index is 1.67. The zero-order valence-electron chi connectivity index (χ0n) is 18.5. The fourth-order valence-corrected chi connectivity index (χ4v) is 4.19. The summed E-state index contributed by atoms with van der Waals surface area (Å²) in [5, 5.41) is 9.53. The number of allylic oxidation sites excluding steroid dienone is 1. The first-order valence-corrected chi connectivity index (χ1v) is 11.2. The van der Waals surface area contributed by atoms with Crippen molar-refractivity contribution >= 4 is 17.6 Å². The minimum absolute atomic E-state index is 0.0366. The van der Waals surface area contributed by atoms with E-state index < -0.39 is 0 Å². The smallest absolute Gasteiger partial charge is 0.314 e. The molecule has 1 fully saturated rings. The summed E-state index contributed by atoms with van der Waals surface area (Å²) in [7, 11) is 1.56. The van der Waals surface area contributed by atoms with Gasteiger partial charge in [-0.15, -0.1) is 0 Å². The lowest BCUT2D eigenvalue weighted by Gasteiger charge is -2.27. The highest BCUT2D eigenvalue weighted by atomic mass is 16.6. The Kier molecular flexibility index (Phi) is 8.29. The van der Waals surface area contributed by atoms with Crippen LogP contribution >= 0.6 is 0 Å². The van der Waals surface area contributed by atoms with E-state index in [0.29, 0.717) is 17.1 Å². The fraction of sp³-hybridized carbons (Fsp3) is 0.407. The lowest BCUT2D eigenvalue weighted by atomic mass is 9.80. The first kappa shape index (κ1) is 22.6. The average molecular weight is 418 g/mol. The molecule has 31 heavy (non-hydrogen) atoms. The molecule has 1 aliphatic carbocycles. The quantitative estimate of drug-likeness (QED) is 0.208. The van der Waals surface area contributed by atoms with Crippen molar-refractivity contribution in [3.05, 3.63) is 59.7 Å². The van der Waals surface area contributed by atoms with E-state index in [0.717, 1.165) is 42.7 Å². The van der Waals surface area contributed by atoms with Crippen molar-refractivity contribution in [2.75, 3.05) is 7.11 Å². The van der Waals surface area contributed by atoms with Gasteiger partial charge < -0.3 is 9.47 Å². The first-order valence-electron chi connectivity index (χ1n) is 11.2. The van der Waals surface area contributed by atoms with Gasteiger partial charge in [-0.05, 0) is 60.9 Å². The summed E-state index contributed by atoms with van der Waals surface area (Å²) in [5.41, 5.74) is 2.23. The standard InChI is InChI=1S/C27H31NO3/c1-3-4-8-20-11-14-23(15-12-20)27(29)31-25-16-13-21(18-26(25)30-2)17-24(19-28)22-9-6-5-7-10-22/h5-7,9-10,13,16-18,20,23H,3-4,8,11-12,14-15H2,1-2H3/b24-17-. The summed E-state index contributed by atoms with van der Waals surface area (Å²) in [4.78, 5) is 12.7. The predicted octanol–water partition coefficient (Wildman–Crippen LogP) is 6.66. The second-order valence-corrected chi connectivity index (χ2v) is 8.23. The van der Waals surface area contributed by atoms with Gasteiger partial charge >= 0.3 is 5.97 Å². The van der Waals surface area contributed by atoms with E-state index in [9.17, 15) is 10.1 Å². The molecule has 4 nitrogen and oxygen atoms in total. The number of nitrogens with zero attached hydrogens (tertiary/aromatic N) is 1. The third-order valence-electron chi connectivity index (χ3n) is 6.06. The Labute approximate surface area is 185 Å². The van der Waals surface area contributed by atoms with Crippen LogP contribution in [0.4, 0.5) is 0 Å². The lowest BCUT2D eigenvalue weighted by Crippen LogP contribution is -2.25. The van der Waals surface area contributed by atoms with Gasteiger partial charge in [-0.25, -0.2) is 0 Å². The summed E-state index contributed by atoms with van der Waals surface area (Å²) in [6.45, 7) is 2.22. The average Bonchev–Trinajstić information content (AvgIpc) is 2.82. The Bertz CT molecular complexity index is 935. The summed E-state index contributed by atoms with van der Waals surface area (Å²) in [6.07, 6.45) is 9.60. The molecule has 162 valence electrons. The molecule has 1 saturated carbocycles. The predicted molar refractivity (Wildman–Crippen MR) is 124 cm³/mol. The second-order valence-electron chi connectivity index (χ2n) is 8.23. The number of rotatable bonds is 8. The van der Waals surface area contributed by atoms with E-state index in [1.807, 2.05) is 36.4 Å². The molecule has 0 unspecified atom stereocenters. The Morgan fingerprint density at radius 1 is 1.10 bits per heavy atom. The van der Waals surface area contributed by atoms with Gasteiger partial charge in [-0.3, -0.25) is 4.79 Å². The molecule has 0 saturated heterocycles. The molecule has 0 bridgehead atoms. The van der Waals surface area contributed by atoms with Crippen molar-refractivity contribution in [3.8, 4) is 17.6 Å². The third-order valence-corrected chi connectivity index (χ3v) is 6.06. The monoisotopic (exact) mass is 417 g/mol. The second kappa shape index (κ2) is 11.4. The molecule has 2 aromatic carbocycles. The summed E-state index contributed by atoms with van der Waals surface area (Å²) in [6, 6.07) is 17.2. The molecular formula is C27H31NO3. The Hall–Kier alpha value is -3.06. The van der Waals surface area contributed by atoms with Crippen LogP contribution in [0.5, 0.6) is 11.5 Å². The summed E-state index contributed by atoms with van der Waals surface area (Å²) in [5.74, 6) is 1.46. The van der Waals surface area contributed by atoms with E-state index in [-0.39, 0.29) is 11.9 Å². The molecule has 0 atom stereocenters. The zero-order chi connectivity index (χ0) is 22.1. The molecule has 1 aliphatic rings. The van der Waals surface area contributed by atoms with Crippen molar-refractivity contribution in [1.82, 2.24) is 0 Å². The molecule has 3 rings (SSSR count). The Morgan fingerprint density at radius 2 is 1.84 bits per heavy atom. The molecule has 0 aliphatic heterocycles. The number of hydrogen-bond donors (Lipinski definition) is 0. The number of unbranched alkanes of at least 4 members (excludes halogenated alkanes) is 1. The van der Waals surface area contributed by atoms with Crippen LogP contribution in [0.3, 0.4) is 0 Å². The zero-order valence-corrected chi connectivity index (χ0v) is 18.5. The van der Waals surface area contributed by atoms with Crippen LogP contribution in [-0.4, -0.2) is 13.1 Å². The summed E-state index contributed by atoms with van der Waals surface area (Å²) < 4.78 is 11.2. The molecular weight excluding hydrogens is 386 g/mol. The van der Waals surface area contributed by atoms with Crippen molar-refractivity contribution < 1.29 is 14.3 Å². The van der Waals surface area contributed by atoms with Crippen LogP contribution < -0.4 is 9.47 Å². The van der Waals surface area contributed by atoms with Gasteiger partial charge in [-0.1, -0.05) is 62.6 Å². The van der Waals surface area contributed by atoms with Gasteiger partial charge in [0.1, 0.15) is 0 Å². The number of ether oxygens (including phenoxy) is 2. The largest absolute Gasteiger partial charge is 0.493 e. The molecule has 2 aromatic rings. The molecule has 0 radical (unpaired) electrons. The number of esters is 1. The van der Waals surface area contributed by atoms with Gasteiger partial charge in [0, 0.05) is 0 Å². The maximum Gasteiger partial charge on any atom is 0.314 e. The Morgan fingerprint density at radius 3 is 2.48 bits per heavy atom. The van der Waals surface area contributed by atoms with E-state index >= 15 is 0 Å². The number of methoxy groups -OCH3 is 1. The normalized spacial score (nSPS) is 18.8. The van der Waals surface area contributed by atoms with Crippen LogP contribution in [0.25, 0.3) is 11.6 Å². The molecule has 0 spiro atoms. The minimum Gasteiger partial charge on any atom is -0.493 e. The van der Waals surface area contributed by atoms with Crippen LogP contribution in [-0.2, 0) is 4.79 Å². The topological polar surface area (TPSA) is 59.3 Å². The first-order chi connectivity index (χ1) is 15.1. The minimum atomic E-state index is -0.169. The highest BCUT2D eigenvalue weighted by Crippen LogP contribution is 2.35. The van der Waals surface area contributed by atoms with Gasteiger partial charge in [0.15, 0.2) is 11.5 Å². The van der Waals surface area contributed by atoms with Gasteiger partial charge in [0.25, 0.3) is 0 Å². The van der Waals surface area contributed by atoms with E-state index in [1.165, 1.54) is 19.3 Å². The van der Waals surface area contributed by atoms with Crippen molar-refractivity contribution in [1.29, 1.82) is 5.26 Å². The highest BCUT2D eigenvalue weighted by molar-refractivity contribution is 5.90. The van der Waals surface area contributed by atoms with E-state index in [1.54, 1.807) is 25.3 Å². The molecule has 4 heteroatoms. The van der Waals surface area contributed by atoms with Crippen LogP contribution in [0.2, 0.25) is 0 Å². The molecule has 0 aromatic heterocycles. The van der Waals surface area contributed by atoms with E-state index in [2.05, 4.69) is 13.0 Å². The number of nitriles is 1. The fourth-order valence-electron chi connectivity index (χ4n) is 4.19. The highest BCUT2D eigenvalue weighted by Gasteiger charge is 2.28. The van der Waals surface area contributed by atoms with Gasteiger partial charge in [0.05, 0.1) is 24.7 Å². The number of benzene rings is 2. The molecule has 0 N–H and O–H groups in total. The van der Waals surface area contributed by atoms with Crippen LogP contribution in [0.15, 0.2) is 48.5 Å². The number of hydrogen-bond acceptors (Lipinski definition) is 4. The number of carbonyl (C=O) groups excluding carboxylic acids is 1. The van der Waals surface area contributed by atoms with Crippen molar-refractivity contribution in [3.63, 3.8) is 0 Å². The maximum absolute atomic E-state index is 12.7. The number of carbonyl (C=O) groups is 1. The van der Waals surface area contributed by atoms with Crippen LogP contribution in [0.1, 0.15) is 63.0 Å². The van der Waals surface area contributed by atoms with E-state index in [4.69, 9.17) is 9.47 Å². The van der Waals surface area contributed by atoms with Crippen LogP contribution in [0, 0.1) is 23.2 Å². The maximum atomic E-state index is 12.7. The lowest BCUT2D eigenvalue weighted by molar-refractivity contribution is -0.140. The SMILES string of the molecule is CCCCC1CCC(C(=O)Oc2ccc(/C=C(/C#N)c3ccccc3)cc2OC)CC1. The van der Waals surface area contributed by atoms with Gasteiger partial charge in [0.2, 0.25) is 0 Å². The molecule has 0 heterocycles. The van der Waals surface area contributed by atoms with Crippen molar-refractivity contribution in [2.45, 2.75) is 51.9 Å². The van der Waals surface area contributed by atoms with Gasteiger partial charge in [-0.2, -0.15) is 5.26 Å². The van der Waals surface area contributed by atoms with Crippen molar-refractivity contribution in [2.24, 2.45) is 11.8 Å². The third kappa shape index (κ3) is 6.21. The summed E-state index contributed by atoms with van der Waals surface area (Å²) >= 11 is 0. The molecule has 0 amide bonds.